The molecular weight excluding hydrogens is 503 g/mol. The second-order valence-electron chi connectivity index (χ2n) is 5.20. The van der Waals surface area contributed by atoms with Crippen LogP contribution in [0.1, 0.15) is 24.3 Å². The predicted molar refractivity (Wildman–Crippen MR) is 115 cm³/mol. The van der Waals surface area contributed by atoms with Crippen molar-refractivity contribution in [2.45, 2.75) is 13.8 Å². The number of Topliss-reactive ketones (excluding diaryl/α,β-unsaturated/α-hetero) is 2. The van der Waals surface area contributed by atoms with Crippen LogP contribution >= 0.6 is 39.1 Å². The number of ether oxygens (including phenoxy) is 1. The van der Waals surface area contributed by atoms with Gasteiger partial charge in [-0.2, -0.15) is 5.10 Å². The van der Waals surface area contributed by atoms with Crippen molar-refractivity contribution >= 4 is 68.1 Å². The number of ketones is 2. The quantitative estimate of drug-likeness (QED) is 0.312. The van der Waals surface area contributed by atoms with Gasteiger partial charge in [0.25, 0.3) is 0 Å². The molecule has 0 spiro atoms. The van der Waals surface area contributed by atoms with E-state index in [1.807, 2.05) is 0 Å². The van der Waals surface area contributed by atoms with E-state index in [1.54, 1.807) is 31.2 Å². The van der Waals surface area contributed by atoms with Gasteiger partial charge in [-0.25, -0.2) is 14.3 Å². The van der Waals surface area contributed by atoms with E-state index < -0.39 is 11.8 Å². The zero-order valence-corrected chi connectivity index (χ0v) is 19.0. The number of imidazole rings is 1. The lowest BCUT2D eigenvalue weighted by molar-refractivity contribution is -0.133. The van der Waals surface area contributed by atoms with Crippen LogP contribution in [0.5, 0.6) is 0 Å². The van der Waals surface area contributed by atoms with E-state index >= 15 is 0 Å². The lowest BCUT2D eigenvalue weighted by atomic mass is 10.3. The van der Waals surface area contributed by atoms with Crippen molar-refractivity contribution < 1.29 is 19.1 Å². The fraction of sp³-hybridized carbons (Fsp3) is 0.235. The highest BCUT2D eigenvalue weighted by atomic mass is 79.9. The number of halogens is 3. The molecule has 3 rings (SSSR count). The van der Waals surface area contributed by atoms with E-state index in [0.29, 0.717) is 28.4 Å². The van der Waals surface area contributed by atoms with E-state index in [0.717, 1.165) is 0 Å². The first-order valence-electron chi connectivity index (χ1n) is 8.21. The largest absolute Gasteiger partial charge is 0.461 e. The smallest absolute Gasteiger partial charge is 0.358 e. The Morgan fingerprint density at radius 3 is 2.27 bits per heavy atom. The van der Waals surface area contributed by atoms with Crippen LogP contribution in [0, 0.1) is 0 Å². The number of anilines is 1. The topological polar surface area (TPSA) is 142 Å². The summed E-state index contributed by atoms with van der Waals surface area (Å²) in [5, 5.41) is 11.7. The zero-order valence-electron chi connectivity index (χ0n) is 15.9. The Hall–Kier alpha value is -2.63. The molecule has 0 radical (unpaired) electrons. The Morgan fingerprint density at radius 1 is 1.13 bits per heavy atom. The molecule has 30 heavy (non-hydrogen) atoms. The van der Waals surface area contributed by atoms with E-state index in [-0.39, 0.29) is 16.8 Å². The number of rotatable bonds is 4. The monoisotopic (exact) mass is 518 g/mol. The van der Waals surface area contributed by atoms with Gasteiger partial charge in [-0.05, 0) is 31.2 Å². The summed E-state index contributed by atoms with van der Waals surface area (Å²) >= 11 is 13.9. The number of hydrogen-bond acceptors (Lipinski definition) is 9. The second-order valence-corrected chi connectivity index (χ2v) is 6.53. The molecule has 0 fully saturated rings. The SMILES string of the molecule is CC(=O)C(=O)CBr.CCOC(=O)c1cn2nc(Cl)ccc2n1.Nc1ccc(Cl)nn1. The molecule has 13 heteroatoms. The number of fused-ring (bicyclic) bond motifs is 1. The highest BCUT2D eigenvalue weighted by Crippen LogP contribution is 2.08. The molecule has 0 saturated heterocycles. The Balaban J connectivity index is 0.000000254. The number of hydrogen-bond donors (Lipinski definition) is 1. The number of esters is 1. The summed E-state index contributed by atoms with van der Waals surface area (Å²) in [5.74, 6) is -0.842. The van der Waals surface area contributed by atoms with Gasteiger partial charge >= 0.3 is 5.97 Å². The molecule has 3 heterocycles. The molecule has 0 saturated carbocycles. The molecule has 0 aliphatic rings. The molecule has 0 bridgehead atoms. The Labute approximate surface area is 189 Å². The highest BCUT2D eigenvalue weighted by Gasteiger charge is 2.11. The van der Waals surface area contributed by atoms with E-state index in [9.17, 15) is 14.4 Å². The molecule has 2 N–H and O–H groups in total. The third kappa shape index (κ3) is 8.80. The molecular formula is C17H17BrCl2N6O4. The molecule has 3 aromatic rings. The lowest BCUT2D eigenvalue weighted by Crippen LogP contribution is -2.09. The van der Waals surface area contributed by atoms with Crippen LogP contribution in [-0.2, 0) is 14.3 Å². The van der Waals surface area contributed by atoms with Crippen LogP contribution in [0.3, 0.4) is 0 Å². The highest BCUT2D eigenvalue weighted by molar-refractivity contribution is 9.09. The maximum absolute atomic E-state index is 11.3. The minimum Gasteiger partial charge on any atom is -0.461 e. The molecule has 160 valence electrons. The van der Waals surface area contributed by atoms with Crippen molar-refractivity contribution in [2.24, 2.45) is 0 Å². The number of aromatic nitrogens is 5. The number of alkyl halides is 1. The fourth-order valence-electron chi connectivity index (χ4n) is 1.58. The standard InChI is InChI=1S/C9H8ClN3O2.C4H5BrO2.C4H4ClN3/c1-2-15-9(14)6-5-13-8(11-6)4-3-7(10)12-13;1-3(6)4(7)2-5;5-3-1-2-4(6)8-7-3/h3-5H,2H2,1H3;2H2,1H3;1-2H,(H2,6,8). The first-order valence-corrected chi connectivity index (χ1v) is 10.1. The molecule has 0 unspecified atom stereocenters. The molecule has 0 atom stereocenters. The van der Waals surface area contributed by atoms with Crippen LogP contribution in [0.4, 0.5) is 5.82 Å². The van der Waals surface area contributed by atoms with Crippen molar-refractivity contribution in [3.05, 3.63) is 46.5 Å². The van der Waals surface area contributed by atoms with Crippen molar-refractivity contribution in [1.29, 1.82) is 0 Å². The van der Waals surface area contributed by atoms with Gasteiger partial charge in [-0.3, -0.25) is 9.59 Å². The minimum atomic E-state index is -0.459. The summed E-state index contributed by atoms with van der Waals surface area (Å²) in [6.07, 6.45) is 1.49. The molecule has 3 aromatic heterocycles. The molecule has 0 aliphatic carbocycles. The average Bonchev–Trinajstić information content (AvgIpc) is 3.14. The van der Waals surface area contributed by atoms with E-state index in [1.165, 1.54) is 17.6 Å². The number of nitrogens with two attached hydrogens (primary N) is 1. The van der Waals surface area contributed by atoms with Gasteiger partial charge in [0, 0.05) is 6.92 Å². The molecule has 0 aliphatic heterocycles. The molecule has 0 amide bonds. The summed E-state index contributed by atoms with van der Waals surface area (Å²) in [4.78, 5) is 35.5. The van der Waals surface area contributed by atoms with Crippen LogP contribution in [0.2, 0.25) is 10.3 Å². The first kappa shape index (κ1) is 25.4. The van der Waals surface area contributed by atoms with Gasteiger partial charge in [0.1, 0.15) is 11.0 Å². The second kappa shape index (κ2) is 12.8. The number of carbonyl (C=O) groups is 3. The van der Waals surface area contributed by atoms with Crippen molar-refractivity contribution in [2.75, 3.05) is 17.7 Å². The first-order chi connectivity index (χ1) is 14.2. The maximum Gasteiger partial charge on any atom is 0.358 e. The lowest BCUT2D eigenvalue weighted by Gasteiger charge is -1.94. The van der Waals surface area contributed by atoms with Gasteiger partial charge in [-0.15, -0.1) is 10.2 Å². The Morgan fingerprint density at radius 2 is 1.80 bits per heavy atom. The summed E-state index contributed by atoms with van der Waals surface area (Å²) in [6, 6.07) is 6.47. The Kier molecular flexibility index (Phi) is 10.9. The van der Waals surface area contributed by atoms with Gasteiger partial charge < -0.3 is 10.5 Å². The third-order valence-corrected chi connectivity index (χ3v) is 3.85. The number of nitrogens with zero attached hydrogens (tertiary/aromatic N) is 5. The number of carbonyl (C=O) groups excluding carboxylic acids is 3. The summed E-state index contributed by atoms with van der Waals surface area (Å²) in [5.41, 5.74) is 5.98. The van der Waals surface area contributed by atoms with Crippen LogP contribution in [-0.4, -0.2) is 54.3 Å². The predicted octanol–water partition coefficient (Wildman–Crippen LogP) is 2.81. The zero-order chi connectivity index (χ0) is 22.7. The average molecular weight is 520 g/mol. The van der Waals surface area contributed by atoms with Gasteiger partial charge in [0.15, 0.2) is 22.3 Å². The van der Waals surface area contributed by atoms with Crippen LogP contribution in [0.15, 0.2) is 30.5 Å². The maximum atomic E-state index is 11.3. The molecule has 10 nitrogen and oxygen atoms in total. The van der Waals surface area contributed by atoms with Crippen molar-refractivity contribution in [3.63, 3.8) is 0 Å². The van der Waals surface area contributed by atoms with Gasteiger partial charge in [-0.1, -0.05) is 39.1 Å². The summed E-state index contributed by atoms with van der Waals surface area (Å²) < 4.78 is 6.25. The van der Waals surface area contributed by atoms with Gasteiger partial charge in [0.2, 0.25) is 5.78 Å². The van der Waals surface area contributed by atoms with E-state index in [4.69, 9.17) is 33.7 Å². The van der Waals surface area contributed by atoms with Crippen molar-refractivity contribution in [3.8, 4) is 0 Å². The number of nitrogen functional groups attached to an aromatic ring is 1. The minimum absolute atomic E-state index is 0.141. The summed E-state index contributed by atoms with van der Waals surface area (Å²) in [6.45, 7) is 3.31. The summed E-state index contributed by atoms with van der Waals surface area (Å²) in [7, 11) is 0. The third-order valence-electron chi connectivity index (χ3n) is 2.94. The van der Waals surface area contributed by atoms with Crippen LogP contribution < -0.4 is 5.73 Å². The fourth-order valence-corrected chi connectivity index (χ4v) is 2.22. The van der Waals surface area contributed by atoms with Crippen molar-refractivity contribution in [1.82, 2.24) is 24.8 Å². The molecule has 0 aromatic carbocycles. The van der Waals surface area contributed by atoms with E-state index in [2.05, 4.69) is 36.2 Å². The normalized spacial score (nSPS) is 9.63. The van der Waals surface area contributed by atoms with Gasteiger partial charge in [0.05, 0.1) is 18.1 Å². The van der Waals surface area contributed by atoms with Crippen LogP contribution in [0.25, 0.3) is 5.65 Å². The Bertz CT molecular complexity index is 992.